The smallest absolute Gasteiger partial charge is 0.244 e. The van der Waals surface area contributed by atoms with Gasteiger partial charge >= 0.3 is 0 Å². The van der Waals surface area contributed by atoms with E-state index in [1.54, 1.807) is 61.5 Å². The van der Waals surface area contributed by atoms with Crippen LogP contribution >= 0.6 is 11.6 Å². The van der Waals surface area contributed by atoms with Crippen LogP contribution in [0.3, 0.4) is 0 Å². The Bertz CT molecular complexity index is 1500. The number of pyridine rings is 2. The third-order valence-corrected chi connectivity index (χ3v) is 5.66. The number of nitrogens with zero attached hydrogens (tertiary/aromatic N) is 2. The molecule has 1 N–H and O–H groups in total. The molecule has 2 aromatic carbocycles. The van der Waals surface area contributed by atoms with Crippen molar-refractivity contribution in [3.63, 3.8) is 0 Å². The lowest BCUT2D eigenvalue weighted by Gasteiger charge is -2.15. The molecule has 4 rings (SSSR count). The topological polar surface area (TPSA) is 99.5 Å². The van der Waals surface area contributed by atoms with Gasteiger partial charge in [-0.3, -0.25) is 14.4 Å². The molecule has 0 bridgehead atoms. The Morgan fingerprint density at radius 2 is 1.77 bits per heavy atom. The van der Waals surface area contributed by atoms with Gasteiger partial charge in [-0.05, 0) is 55.5 Å². The van der Waals surface area contributed by atoms with E-state index < -0.39 is 17.1 Å². The first-order valence-corrected chi connectivity index (χ1v) is 11.0. The van der Waals surface area contributed by atoms with Crippen LogP contribution in [0.5, 0.6) is 11.5 Å². The van der Waals surface area contributed by atoms with Crippen molar-refractivity contribution < 1.29 is 19.1 Å². The van der Waals surface area contributed by atoms with Crippen molar-refractivity contribution in [2.24, 2.45) is 0 Å². The van der Waals surface area contributed by atoms with Crippen LogP contribution in [0.4, 0.5) is 5.69 Å². The lowest BCUT2D eigenvalue weighted by Crippen LogP contribution is -2.25. The van der Waals surface area contributed by atoms with Gasteiger partial charge in [-0.2, -0.15) is 0 Å². The largest absolute Gasteiger partial charge is 0.497 e. The first-order chi connectivity index (χ1) is 16.8. The van der Waals surface area contributed by atoms with Gasteiger partial charge in [-0.15, -0.1) is 0 Å². The van der Waals surface area contributed by atoms with Gasteiger partial charge < -0.3 is 19.4 Å². The molecule has 1 amide bonds. The summed E-state index contributed by atoms with van der Waals surface area (Å²) in [5.41, 5.74) is 1.20. The summed E-state index contributed by atoms with van der Waals surface area (Å²) < 4.78 is 12.0. The summed E-state index contributed by atoms with van der Waals surface area (Å²) in [5.74, 6) is 0.137. The number of aryl methyl sites for hydroxylation is 1. The second kappa shape index (κ2) is 9.99. The van der Waals surface area contributed by atoms with Gasteiger partial charge in [-0.25, -0.2) is 4.98 Å². The van der Waals surface area contributed by atoms with Crippen LogP contribution in [0.15, 0.2) is 65.6 Å². The molecule has 0 fully saturated rings. The molecular formula is C26H22ClN3O5. The summed E-state index contributed by atoms with van der Waals surface area (Å²) in [7, 11) is 3.02. The number of carbonyl (C=O) groups is 2. The SMILES string of the molecule is COc1ccc(NC(=O)Cn2cc(C(=O)c3ccc(Cl)cc3)c(=O)c3ccc(C)nc32)c(OC)c1. The van der Waals surface area contributed by atoms with E-state index in [0.29, 0.717) is 39.1 Å². The highest BCUT2D eigenvalue weighted by atomic mass is 35.5. The maximum Gasteiger partial charge on any atom is 0.244 e. The summed E-state index contributed by atoms with van der Waals surface area (Å²) in [4.78, 5) is 43.8. The Hall–Kier alpha value is -4.17. The third kappa shape index (κ3) is 5.02. The van der Waals surface area contributed by atoms with Crippen LogP contribution in [0, 0.1) is 6.92 Å². The van der Waals surface area contributed by atoms with Gasteiger partial charge in [0, 0.05) is 28.5 Å². The van der Waals surface area contributed by atoms with Gasteiger partial charge in [0.2, 0.25) is 11.3 Å². The van der Waals surface area contributed by atoms with Crippen LogP contribution in [0.2, 0.25) is 5.02 Å². The summed E-state index contributed by atoms with van der Waals surface area (Å²) in [6, 6.07) is 14.6. The van der Waals surface area contributed by atoms with Crippen LogP contribution in [-0.4, -0.2) is 35.5 Å². The number of anilines is 1. The number of hydrogen-bond acceptors (Lipinski definition) is 6. The lowest BCUT2D eigenvalue weighted by atomic mass is 10.0. The number of hydrogen-bond donors (Lipinski definition) is 1. The van der Waals surface area contributed by atoms with Crippen LogP contribution in [0.1, 0.15) is 21.6 Å². The maximum absolute atomic E-state index is 13.2. The Morgan fingerprint density at radius 3 is 2.46 bits per heavy atom. The number of nitrogens with one attached hydrogen (secondary N) is 1. The minimum absolute atomic E-state index is 0.0692. The number of aromatic nitrogens is 2. The van der Waals surface area contributed by atoms with E-state index in [-0.39, 0.29) is 17.5 Å². The number of ketones is 1. The molecule has 178 valence electrons. The molecular weight excluding hydrogens is 470 g/mol. The highest BCUT2D eigenvalue weighted by Gasteiger charge is 2.19. The molecule has 2 aromatic heterocycles. The van der Waals surface area contributed by atoms with E-state index in [2.05, 4.69) is 10.3 Å². The lowest BCUT2D eigenvalue weighted by molar-refractivity contribution is -0.116. The molecule has 0 atom stereocenters. The maximum atomic E-state index is 13.2. The van der Waals surface area contributed by atoms with E-state index in [0.717, 1.165) is 0 Å². The highest BCUT2D eigenvalue weighted by Crippen LogP contribution is 2.29. The second-order valence-electron chi connectivity index (χ2n) is 7.77. The molecule has 0 aliphatic heterocycles. The standard InChI is InChI=1S/C26H22ClN3O5/c1-15-4-10-19-25(33)20(24(32)16-5-7-17(27)8-6-16)13-30(26(19)28-15)14-23(31)29-21-11-9-18(34-2)12-22(21)35-3/h4-13H,14H2,1-3H3,(H,29,31). The highest BCUT2D eigenvalue weighted by molar-refractivity contribution is 6.30. The summed E-state index contributed by atoms with van der Waals surface area (Å²) in [5, 5.41) is 3.51. The van der Waals surface area contributed by atoms with E-state index in [1.165, 1.54) is 25.0 Å². The van der Waals surface area contributed by atoms with Gasteiger partial charge in [0.1, 0.15) is 23.7 Å². The number of carbonyl (C=O) groups excluding carboxylic acids is 2. The Labute approximate surface area is 206 Å². The molecule has 0 saturated carbocycles. The van der Waals surface area contributed by atoms with Crippen molar-refractivity contribution in [1.82, 2.24) is 9.55 Å². The normalized spacial score (nSPS) is 10.7. The minimum atomic E-state index is -0.472. The fourth-order valence-corrected chi connectivity index (χ4v) is 3.77. The zero-order valence-corrected chi connectivity index (χ0v) is 20.1. The fraction of sp³-hybridized carbons (Fsp3) is 0.154. The molecule has 35 heavy (non-hydrogen) atoms. The first-order valence-electron chi connectivity index (χ1n) is 10.6. The van der Waals surface area contributed by atoms with Crippen molar-refractivity contribution in [1.29, 1.82) is 0 Å². The second-order valence-corrected chi connectivity index (χ2v) is 8.21. The third-order valence-electron chi connectivity index (χ3n) is 5.41. The summed E-state index contributed by atoms with van der Waals surface area (Å²) >= 11 is 5.93. The van der Waals surface area contributed by atoms with E-state index in [9.17, 15) is 14.4 Å². The summed E-state index contributed by atoms with van der Waals surface area (Å²) in [6.45, 7) is 1.59. The fourth-order valence-electron chi connectivity index (χ4n) is 3.65. The van der Waals surface area contributed by atoms with Crippen LogP contribution in [0.25, 0.3) is 11.0 Å². The quantitative estimate of drug-likeness (QED) is 0.388. The predicted molar refractivity (Wildman–Crippen MR) is 134 cm³/mol. The van der Waals surface area contributed by atoms with E-state index in [1.807, 2.05) is 0 Å². The molecule has 0 saturated heterocycles. The van der Waals surface area contributed by atoms with Crippen molar-refractivity contribution in [2.45, 2.75) is 13.5 Å². The Balaban J connectivity index is 1.74. The van der Waals surface area contributed by atoms with E-state index in [4.69, 9.17) is 21.1 Å². The molecule has 0 aliphatic rings. The van der Waals surface area contributed by atoms with Gasteiger partial charge in [0.05, 0.1) is 30.9 Å². The molecule has 4 aromatic rings. The molecule has 8 nitrogen and oxygen atoms in total. The number of benzene rings is 2. The van der Waals surface area contributed by atoms with Crippen molar-refractivity contribution >= 4 is 40.0 Å². The number of rotatable bonds is 7. The Morgan fingerprint density at radius 1 is 1.03 bits per heavy atom. The average molecular weight is 492 g/mol. The number of ether oxygens (including phenoxy) is 2. The number of methoxy groups -OCH3 is 2. The van der Waals surface area contributed by atoms with Gasteiger partial charge in [0.25, 0.3) is 0 Å². The van der Waals surface area contributed by atoms with Gasteiger partial charge in [-0.1, -0.05) is 11.6 Å². The predicted octanol–water partition coefficient (Wildman–Crippen LogP) is 4.25. The van der Waals surface area contributed by atoms with Crippen molar-refractivity contribution in [3.05, 3.63) is 92.9 Å². The average Bonchev–Trinajstić information content (AvgIpc) is 2.86. The zero-order valence-electron chi connectivity index (χ0n) is 19.3. The monoisotopic (exact) mass is 491 g/mol. The van der Waals surface area contributed by atoms with E-state index >= 15 is 0 Å². The van der Waals surface area contributed by atoms with Crippen molar-refractivity contribution in [3.8, 4) is 11.5 Å². The summed E-state index contributed by atoms with van der Waals surface area (Å²) in [6.07, 6.45) is 1.37. The zero-order chi connectivity index (χ0) is 25.1. The molecule has 2 heterocycles. The first kappa shape index (κ1) is 24.0. The molecule has 0 radical (unpaired) electrons. The van der Waals surface area contributed by atoms with Gasteiger partial charge in [0.15, 0.2) is 5.78 Å². The van der Waals surface area contributed by atoms with Crippen LogP contribution < -0.4 is 20.2 Å². The van der Waals surface area contributed by atoms with Crippen LogP contribution in [-0.2, 0) is 11.3 Å². The Kier molecular flexibility index (Phi) is 6.84. The molecule has 9 heteroatoms. The minimum Gasteiger partial charge on any atom is -0.497 e. The number of halogens is 1. The van der Waals surface area contributed by atoms with Crippen molar-refractivity contribution in [2.75, 3.05) is 19.5 Å². The molecule has 0 aliphatic carbocycles. The number of amides is 1. The number of fused-ring (bicyclic) bond motifs is 1. The molecule has 0 spiro atoms. The molecule has 0 unspecified atom stereocenters.